The van der Waals surface area contributed by atoms with Gasteiger partial charge < -0.3 is 75.4 Å². The molecule has 390 valence electrons. The smallest absolute Gasteiger partial charge is 0.243 e. The Morgan fingerprint density at radius 2 is 1.18 bits per heavy atom. The van der Waals surface area contributed by atoms with Crippen molar-refractivity contribution in [1.29, 1.82) is 0 Å². The zero-order valence-electron chi connectivity index (χ0n) is 41.7. The van der Waals surface area contributed by atoms with Crippen LogP contribution in [0.15, 0.2) is 6.20 Å². The van der Waals surface area contributed by atoms with Gasteiger partial charge in [-0.3, -0.25) is 14.4 Å². The molecule has 3 amide bonds. The summed E-state index contributed by atoms with van der Waals surface area (Å²) >= 11 is 0. The number of nitrogens with zero attached hydrogens (tertiary/aromatic N) is 3. The summed E-state index contributed by atoms with van der Waals surface area (Å²) in [5.41, 5.74) is 6.01. The highest BCUT2D eigenvalue weighted by Gasteiger charge is 2.54. The molecule has 0 spiro atoms. The lowest BCUT2D eigenvalue weighted by molar-refractivity contribution is -0.325. The number of hydrogen-bond acceptors (Lipinski definition) is 17. The van der Waals surface area contributed by atoms with Crippen molar-refractivity contribution in [1.82, 2.24) is 25.6 Å². The molecule has 21 nitrogen and oxygen atoms in total. The average molecular weight is 971 g/mol. The molecule has 68 heavy (non-hydrogen) atoms. The predicted octanol–water partition coefficient (Wildman–Crippen LogP) is 0.268. The molecule has 1 saturated carbocycles. The second-order valence-corrected chi connectivity index (χ2v) is 20.9. The van der Waals surface area contributed by atoms with Crippen molar-refractivity contribution in [3.05, 3.63) is 11.9 Å². The fraction of sp³-hybridized carbons (Fsp3) is 0.894. The Morgan fingerprint density at radius 1 is 0.676 bits per heavy atom. The summed E-state index contributed by atoms with van der Waals surface area (Å²) < 4.78 is 39.7. The molecule has 0 radical (unpaired) electrons. The van der Waals surface area contributed by atoms with Crippen LogP contribution in [0, 0.1) is 41.4 Å². The first-order valence-electron chi connectivity index (χ1n) is 24.8. The van der Waals surface area contributed by atoms with Crippen LogP contribution >= 0.6 is 0 Å². The van der Waals surface area contributed by atoms with E-state index in [2.05, 4.69) is 20.9 Å². The molecule has 10 N–H and O–H groups in total. The summed E-state index contributed by atoms with van der Waals surface area (Å²) in [6.45, 7) is 20.2. The Bertz CT molecular complexity index is 1770. The minimum atomic E-state index is -1.49. The third-order valence-corrected chi connectivity index (χ3v) is 14.2. The molecule has 1 aliphatic carbocycles. The first kappa shape index (κ1) is 56.0. The normalized spacial score (nSPS) is 39.1. The zero-order valence-corrected chi connectivity index (χ0v) is 41.7. The third-order valence-electron chi connectivity index (χ3n) is 14.2. The largest absolute Gasteiger partial charge is 0.390 e. The minimum absolute atomic E-state index is 0.0410. The Balaban J connectivity index is 1.34. The highest BCUT2D eigenvalue weighted by atomic mass is 16.8. The molecule has 22 atom stereocenters. The van der Waals surface area contributed by atoms with Gasteiger partial charge in [-0.15, -0.1) is 5.10 Å². The van der Waals surface area contributed by atoms with Crippen LogP contribution in [0.3, 0.4) is 0 Å². The topological polar surface area (TPSA) is 309 Å². The number of ether oxygens (including phenoxy) is 6. The van der Waals surface area contributed by atoms with Crippen molar-refractivity contribution < 1.29 is 73.4 Å². The number of aromatic nitrogens is 3. The van der Waals surface area contributed by atoms with Gasteiger partial charge in [0, 0.05) is 30.4 Å². The number of carbonyl (C=O) groups is 3. The number of rotatable bonds is 21. The molecule has 0 aromatic carbocycles. The van der Waals surface area contributed by atoms with E-state index in [1.165, 1.54) is 4.68 Å². The van der Waals surface area contributed by atoms with E-state index in [-0.39, 0.29) is 36.6 Å². The maximum atomic E-state index is 13.6. The number of nitrogens with one attached hydrogen (secondary N) is 2. The first-order chi connectivity index (χ1) is 31.9. The van der Waals surface area contributed by atoms with E-state index in [0.717, 1.165) is 0 Å². The molecule has 4 aliphatic rings. The monoisotopic (exact) mass is 971 g/mol. The van der Waals surface area contributed by atoms with Gasteiger partial charge in [-0.05, 0) is 55.8 Å². The van der Waals surface area contributed by atoms with Crippen LogP contribution in [0.5, 0.6) is 0 Å². The number of aliphatic hydroxyl groups is 6. The van der Waals surface area contributed by atoms with E-state index >= 15 is 0 Å². The van der Waals surface area contributed by atoms with Gasteiger partial charge in [0.15, 0.2) is 18.9 Å². The maximum absolute atomic E-state index is 13.6. The van der Waals surface area contributed by atoms with Crippen LogP contribution < -0.4 is 16.4 Å². The van der Waals surface area contributed by atoms with Gasteiger partial charge in [-0.25, -0.2) is 4.68 Å². The lowest BCUT2D eigenvalue weighted by Crippen LogP contribution is -2.59. The molecular weight excluding hydrogens is 889 g/mol. The van der Waals surface area contributed by atoms with Crippen molar-refractivity contribution in [2.45, 2.75) is 225 Å². The highest BCUT2D eigenvalue weighted by Crippen LogP contribution is 2.40. The summed E-state index contributed by atoms with van der Waals surface area (Å²) in [7, 11) is 0. The molecule has 3 saturated heterocycles. The van der Waals surface area contributed by atoms with E-state index in [9.17, 15) is 45.0 Å². The van der Waals surface area contributed by atoms with Crippen molar-refractivity contribution in [2.24, 2.45) is 47.2 Å². The van der Waals surface area contributed by atoms with Crippen molar-refractivity contribution >= 4 is 17.7 Å². The quantitative estimate of drug-likeness (QED) is 0.0799. The average Bonchev–Trinajstić information content (AvgIpc) is 3.84. The molecule has 3 aliphatic heterocycles. The van der Waals surface area contributed by atoms with Gasteiger partial charge in [0.05, 0.1) is 48.9 Å². The van der Waals surface area contributed by atoms with E-state index in [0.29, 0.717) is 37.8 Å². The van der Waals surface area contributed by atoms with E-state index < -0.39 is 140 Å². The van der Waals surface area contributed by atoms with Gasteiger partial charge in [0.1, 0.15) is 48.7 Å². The van der Waals surface area contributed by atoms with Gasteiger partial charge in [0.25, 0.3) is 0 Å². The standard InChI is InChI=1S/C47H82N6O15/c1-12-30-36(57)34(55)25(10)45(63-30)66-39-23(8)16-22(7)33(54)41(39)68-47-38(59)40(67-46-26(11)35(56)37(58)31(13-2)64-46)32(65-47)19-53-18-27(51-52-53)17-24(9)43(61)50-29(15-21(5)6)44(62)49-28(42(48)60)14-20(3)4/h18,20-26,28-41,45-47,54-59H,12-17,19H2,1-11H3,(H2,48,60)(H,49,62)(H,50,61)/t22-,23?,24?,25?,26?,28?,29?,30?,31+,32-,33?,34-,35?,36-,37-,38?,39-,40-,41-,45+,46-,47+/m1/s1. The Labute approximate surface area is 400 Å². The van der Waals surface area contributed by atoms with Crippen molar-refractivity contribution in [2.75, 3.05) is 0 Å². The van der Waals surface area contributed by atoms with Crippen LogP contribution in [0.4, 0.5) is 0 Å². The Morgan fingerprint density at radius 3 is 1.71 bits per heavy atom. The number of primary amides is 1. The Kier molecular flexibility index (Phi) is 20.1. The Hall–Kier alpha value is -2.93. The van der Waals surface area contributed by atoms with Crippen LogP contribution in [-0.2, 0) is 55.8 Å². The molecule has 5 rings (SSSR count). The fourth-order valence-electron chi connectivity index (χ4n) is 9.91. The highest BCUT2D eigenvalue weighted by molar-refractivity contribution is 5.92. The molecule has 10 unspecified atom stereocenters. The summed E-state index contributed by atoms with van der Waals surface area (Å²) in [6.07, 6.45) is -12.2. The lowest BCUT2D eigenvalue weighted by atomic mass is 9.77. The van der Waals surface area contributed by atoms with Crippen molar-refractivity contribution in [3.63, 3.8) is 0 Å². The van der Waals surface area contributed by atoms with Crippen LogP contribution in [0.25, 0.3) is 0 Å². The molecule has 1 aromatic rings. The predicted molar refractivity (Wildman–Crippen MR) is 243 cm³/mol. The SMILES string of the molecule is CCC1O[C@@H](O[C@@H]2C(C)C[C@@H](C)C(O)[C@H]2O[C@@H]2O[C@H](Cn3cc(CC(C)C(=O)NC(CC(C)C)C(=O)NC(CC(C)C)C(N)=O)nn3)[C@@H](O[C@H]3O[C@@H](CC)[C@@H](O)C(O)C3C)C2O)C(C)[C@@H](O)[C@@H]1O. The van der Waals surface area contributed by atoms with Crippen molar-refractivity contribution in [3.8, 4) is 0 Å². The lowest BCUT2D eigenvalue weighted by Gasteiger charge is -2.47. The number of hydrogen-bond donors (Lipinski definition) is 9. The molecule has 4 heterocycles. The summed E-state index contributed by atoms with van der Waals surface area (Å²) in [5, 5.41) is 81.1. The fourth-order valence-corrected chi connectivity index (χ4v) is 9.91. The molecule has 1 aromatic heterocycles. The van der Waals surface area contributed by atoms with Crippen LogP contribution in [0.2, 0.25) is 0 Å². The first-order valence-corrected chi connectivity index (χ1v) is 24.8. The van der Waals surface area contributed by atoms with E-state index in [1.807, 2.05) is 48.5 Å². The third kappa shape index (κ3) is 13.5. The number of amides is 3. The number of carbonyl (C=O) groups excluding carboxylic acids is 3. The van der Waals surface area contributed by atoms with Gasteiger partial charge in [-0.1, -0.05) is 81.4 Å². The zero-order chi connectivity index (χ0) is 50.5. The molecule has 4 fully saturated rings. The van der Waals surface area contributed by atoms with Gasteiger partial charge >= 0.3 is 0 Å². The molecule has 21 heteroatoms. The second-order valence-electron chi connectivity index (χ2n) is 20.9. The molecule has 0 bridgehead atoms. The van der Waals surface area contributed by atoms with E-state index in [4.69, 9.17) is 34.2 Å². The van der Waals surface area contributed by atoms with Gasteiger partial charge in [0.2, 0.25) is 17.7 Å². The van der Waals surface area contributed by atoms with E-state index in [1.54, 1.807) is 33.9 Å². The number of nitrogens with two attached hydrogens (primary N) is 1. The summed E-state index contributed by atoms with van der Waals surface area (Å²) in [4.78, 5) is 39.0. The van der Waals surface area contributed by atoms with Crippen LogP contribution in [-0.4, -0.2) is 168 Å². The van der Waals surface area contributed by atoms with Gasteiger partial charge in [-0.2, -0.15) is 0 Å². The summed E-state index contributed by atoms with van der Waals surface area (Å²) in [6, 6.07) is -1.80. The van der Waals surface area contributed by atoms with Crippen LogP contribution in [0.1, 0.15) is 114 Å². The number of aliphatic hydroxyl groups excluding tert-OH is 6. The minimum Gasteiger partial charge on any atom is -0.390 e. The summed E-state index contributed by atoms with van der Waals surface area (Å²) in [5.74, 6) is -3.86. The maximum Gasteiger partial charge on any atom is 0.243 e. The molecular formula is C47H82N6O15. The second kappa shape index (κ2) is 24.5.